The third-order valence-electron chi connectivity index (χ3n) is 8.67. The first-order chi connectivity index (χ1) is 20.4. The Balaban J connectivity index is 0.975. The van der Waals surface area contributed by atoms with E-state index in [-0.39, 0.29) is 24.3 Å². The molecule has 3 saturated heterocycles. The molecular weight excluding hydrogens is 536 g/mol. The van der Waals surface area contributed by atoms with Gasteiger partial charge in [0.15, 0.2) is 0 Å². The highest BCUT2D eigenvalue weighted by Crippen LogP contribution is 2.31. The number of rotatable bonds is 6. The lowest BCUT2D eigenvalue weighted by molar-refractivity contribution is -0.136. The number of nitrogens with one attached hydrogen (secondary N) is 1. The molecule has 0 spiro atoms. The van der Waals surface area contributed by atoms with Crippen LogP contribution in [0.15, 0.2) is 36.4 Å². The van der Waals surface area contributed by atoms with E-state index in [0.717, 1.165) is 73.0 Å². The van der Waals surface area contributed by atoms with Crippen molar-refractivity contribution in [2.24, 2.45) is 0 Å². The molecule has 3 aromatic rings. The second-order valence-electron chi connectivity index (χ2n) is 11.5. The molecule has 0 radical (unpaired) electrons. The van der Waals surface area contributed by atoms with Crippen molar-refractivity contribution in [2.45, 2.75) is 51.4 Å². The largest absolute Gasteiger partial charge is 0.489 e. The number of anilines is 1. The minimum absolute atomic E-state index is 0.0491. The minimum atomic E-state index is -0.618. The molecule has 1 unspecified atom stereocenters. The molecule has 42 heavy (non-hydrogen) atoms. The van der Waals surface area contributed by atoms with Gasteiger partial charge < -0.3 is 19.3 Å². The van der Waals surface area contributed by atoms with Crippen LogP contribution in [0, 0.1) is 6.92 Å². The van der Waals surface area contributed by atoms with Crippen molar-refractivity contribution in [1.29, 1.82) is 0 Å². The van der Waals surface area contributed by atoms with Crippen molar-refractivity contribution < 1.29 is 23.9 Å². The van der Waals surface area contributed by atoms with Crippen LogP contribution in [0.25, 0.3) is 10.9 Å². The van der Waals surface area contributed by atoms with Crippen molar-refractivity contribution in [3.05, 3.63) is 58.8 Å². The Labute approximate surface area is 243 Å². The topological polar surface area (TPSA) is 117 Å². The molecule has 3 fully saturated rings. The SMILES string of the molecule is Cc1nc(N2CCOCC2)nc2ccc(CN3CC[C@H](Oc4ccc5c(c4)CN(C4CCC(=O)NC4=O)C5=O)C3)cc12. The van der Waals surface area contributed by atoms with E-state index in [9.17, 15) is 14.4 Å². The molecule has 2 atom stereocenters. The van der Waals surface area contributed by atoms with Crippen molar-refractivity contribution in [1.82, 2.24) is 25.1 Å². The monoisotopic (exact) mass is 570 g/mol. The fourth-order valence-electron chi connectivity index (χ4n) is 6.43. The zero-order valence-electron chi connectivity index (χ0n) is 23.7. The van der Waals surface area contributed by atoms with Crippen LogP contribution < -0.4 is 15.0 Å². The average molecular weight is 571 g/mol. The van der Waals surface area contributed by atoms with Gasteiger partial charge in [0.05, 0.1) is 24.4 Å². The van der Waals surface area contributed by atoms with Gasteiger partial charge in [-0.2, -0.15) is 0 Å². The van der Waals surface area contributed by atoms with Gasteiger partial charge in [0, 0.05) is 56.6 Å². The van der Waals surface area contributed by atoms with Crippen LogP contribution in [0.1, 0.15) is 46.4 Å². The Kier molecular flexibility index (Phi) is 6.99. The van der Waals surface area contributed by atoms with Crippen LogP contribution >= 0.6 is 0 Å². The lowest BCUT2D eigenvalue weighted by Gasteiger charge is -2.29. The summed E-state index contributed by atoms with van der Waals surface area (Å²) in [6.07, 6.45) is 1.56. The number of fused-ring (bicyclic) bond motifs is 2. The van der Waals surface area contributed by atoms with Crippen LogP contribution in [-0.2, 0) is 27.4 Å². The van der Waals surface area contributed by atoms with E-state index in [1.165, 1.54) is 5.56 Å². The molecule has 7 rings (SSSR count). The Morgan fingerprint density at radius 3 is 2.71 bits per heavy atom. The lowest BCUT2D eigenvalue weighted by Crippen LogP contribution is -2.52. The Bertz CT molecular complexity index is 1570. The molecule has 11 nitrogen and oxygen atoms in total. The molecule has 0 bridgehead atoms. The molecular formula is C31H34N6O5. The molecule has 4 aliphatic heterocycles. The summed E-state index contributed by atoms with van der Waals surface area (Å²) < 4.78 is 11.8. The highest BCUT2D eigenvalue weighted by Gasteiger charge is 2.39. The maximum Gasteiger partial charge on any atom is 0.255 e. The number of nitrogens with zero attached hydrogens (tertiary/aromatic N) is 5. The van der Waals surface area contributed by atoms with E-state index in [4.69, 9.17) is 19.4 Å². The zero-order valence-corrected chi connectivity index (χ0v) is 23.7. The first-order valence-corrected chi connectivity index (χ1v) is 14.7. The van der Waals surface area contributed by atoms with Crippen molar-refractivity contribution in [2.75, 3.05) is 44.3 Å². The van der Waals surface area contributed by atoms with Gasteiger partial charge in [-0.25, -0.2) is 9.97 Å². The first kappa shape index (κ1) is 26.8. The summed E-state index contributed by atoms with van der Waals surface area (Å²) in [4.78, 5) is 52.6. The number of likely N-dealkylation sites (tertiary alicyclic amines) is 1. The van der Waals surface area contributed by atoms with Gasteiger partial charge in [0.25, 0.3) is 5.91 Å². The number of piperidine rings is 1. The number of morpholine rings is 1. The molecule has 2 aromatic carbocycles. The van der Waals surface area contributed by atoms with Crippen LogP contribution in [-0.4, -0.2) is 89.0 Å². The predicted octanol–water partition coefficient (Wildman–Crippen LogP) is 2.19. The number of hydrogen-bond donors (Lipinski definition) is 1. The van der Waals surface area contributed by atoms with E-state index in [2.05, 4.69) is 33.3 Å². The fraction of sp³-hybridized carbons (Fsp3) is 0.452. The number of carbonyl (C=O) groups is 3. The Hall–Kier alpha value is -4.09. The number of imide groups is 1. The highest BCUT2D eigenvalue weighted by atomic mass is 16.5. The highest BCUT2D eigenvalue weighted by molar-refractivity contribution is 6.05. The summed E-state index contributed by atoms with van der Waals surface area (Å²) >= 11 is 0. The van der Waals surface area contributed by atoms with Gasteiger partial charge in [0.1, 0.15) is 17.9 Å². The summed E-state index contributed by atoms with van der Waals surface area (Å²) in [5.74, 6) is 0.640. The number of aryl methyl sites for hydroxylation is 1. The van der Waals surface area contributed by atoms with Crippen molar-refractivity contribution >= 4 is 34.6 Å². The smallest absolute Gasteiger partial charge is 0.255 e. The van der Waals surface area contributed by atoms with Crippen LogP contribution in [0.2, 0.25) is 0 Å². The molecule has 218 valence electrons. The number of carbonyl (C=O) groups excluding carboxylic acids is 3. The zero-order chi connectivity index (χ0) is 28.8. The Morgan fingerprint density at radius 1 is 1.02 bits per heavy atom. The number of hydrogen-bond acceptors (Lipinski definition) is 9. The standard InChI is InChI=1S/C31H34N6O5/c1-19-25-14-20(2-5-26(25)33-31(32-19)36-10-12-41-13-11-36)16-35-9-8-23(18-35)42-22-3-4-24-21(15-22)17-37(30(24)40)27-6-7-28(38)34-29(27)39/h2-5,14-15,23,27H,6-13,16-18H2,1H3,(H,34,38,39)/t23-,27?/m0/s1. The van der Waals surface area contributed by atoms with E-state index in [1.54, 1.807) is 11.0 Å². The summed E-state index contributed by atoms with van der Waals surface area (Å²) in [5, 5.41) is 3.43. The maximum atomic E-state index is 13.0. The number of benzene rings is 2. The maximum absolute atomic E-state index is 13.0. The van der Waals surface area contributed by atoms with Crippen LogP contribution in [0.3, 0.4) is 0 Å². The molecule has 1 N–H and O–H groups in total. The van der Waals surface area contributed by atoms with Gasteiger partial charge in [-0.1, -0.05) is 6.07 Å². The second kappa shape index (κ2) is 11.0. The van der Waals surface area contributed by atoms with Crippen molar-refractivity contribution in [3.63, 3.8) is 0 Å². The van der Waals surface area contributed by atoms with Gasteiger partial charge in [-0.05, 0) is 61.2 Å². The summed E-state index contributed by atoms with van der Waals surface area (Å²) in [5.41, 5.74) is 4.60. The van der Waals surface area contributed by atoms with Gasteiger partial charge in [-0.3, -0.25) is 24.6 Å². The van der Waals surface area contributed by atoms with Gasteiger partial charge in [-0.15, -0.1) is 0 Å². The molecule has 11 heteroatoms. The summed E-state index contributed by atoms with van der Waals surface area (Å²) in [6.45, 7) is 7.98. The van der Waals surface area contributed by atoms with Gasteiger partial charge in [0.2, 0.25) is 17.8 Å². The quantitative estimate of drug-likeness (QED) is 0.445. The number of ether oxygens (including phenoxy) is 2. The predicted molar refractivity (Wildman–Crippen MR) is 154 cm³/mol. The normalized spacial score (nSPS) is 23.0. The molecule has 4 aliphatic rings. The summed E-state index contributed by atoms with van der Waals surface area (Å²) in [6, 6.07) is 11.4. The third-order valence-corrected chi connectivity index (χ3v) is 8.67. The molecule has 3 amide bonds. The van der Waals surface area contributed by atoms with Gasteiger partial charge >= 0.3 is 0 Å². The number of amides is 3. The lowest BCUT2D eigenvalue weighted by atomic mass is 10.0. The van der Waals surface area contributed by atoms with E-state index in [0.29, 0.717) is 31.7 Å². The summed E-state index contributed by atoms with van der Waals surface area (Å²) in [7, 11) is 0. The molecule has 5 heterocycles. The minimum Gasteiger partial charge on any atom is -0.489 e. The van der Waals surface area contributed by atoms with Crippen LogP contribution in [0.4, 0.5) is 5.95 Å². The first-order valence-electron chi connectivity index (χ1n) is 14.7. The van der Waals surface area contributed by atoms with E-state index in [1.807, 2.05) is 19.1 Å². The number of aromatic nitrogens is 2. The van der Waals surface area contributed by atoms with E-state index >= 15 is 0 Å². The molecule has 0 saturated carbocycles. The van der Waals surface area contributed by atoms with Crippen molar-refractivity contribution in [3.8, 4) is 5.75 Å². The third kappa shape index (κ3) is 5.18. The fourth-order valence-corrected chi connectivity index (χ4v) is 6.43. The second-order valence-corrected chi connectivity index (χ2v) is 11.5. The van der Waals surface area contributed by atoms with Crippen LogP contribution in [0.5, 0.6) is 5.75 Å². The average Bonchev–Trinajstić information content (AvgIpc) is 3.56. The Morgan fingerprint density at radius 2 is 1.88 bits per heavy atom. The molecule has 0 aliphatic carbocycles. The van der Waals surface area contributed by atoms with E-state index < -0.39 is 11.9 Å². The molecule has 1 aromatic heterocycles.